The molecule has 0 unspecified atom stereocenters. The Hall–Kier alpha value is -1.42. The van der Waals surface area contributed by atoms with Crippen LogP contribution in [-0.2, 0) is 14.3 Å². The van der Waals surface area contributed by atoms with E-state index >= 15 is 0 Å². The van der Waals surface area contributed by atoms with Crippen LogP contribution in [0.15, 0.2) is 0 Å². The van der Waals surface area contributed by atoms with Gasteiger partial charge in [-0.25, -0.2) is 4.79 Å². The zero-order valence-electron chi connectivity index (χ0n) is 13.8. The van der Waals surface area contributed by atoms with Crippen LogP contribution in [0.4, 0.5) is 4.79 Å². The van der Waals surface area contributed by atoms with Gasteiger partial charge < -0.3 is 30.9 Å². The molecular weight excluding hydrogens is 316 g/mol. The maximum Gasteiger partial charge on any atom is 0.315 e. The summed E-state index contributed by atoms with van der Waals surface area (Å²) in [6.07, 6.45) is -0.356. The van der Waals surface area contributed by atoms with Gasteiger partial charge in [-0.2, -0.15) is 0 Å². The lowest BCUT2D eigenvalue weighted by atomic mass is 9.90. The fourth-order valence-electron chi connectivity index (χ4n) is 3.81. The van der Waals surface area contributed by atoms with Gasteiger partial charge in [0, 0.05) is 12.5 Å². The molecule has 0 aliphatic carbocycles. The molecule has 3 aliphatic heterocycles. The third-order valence-electron chi connectivity index (χ3n) is 5.12. The van der Waals surface area contributed by atoms with E-state index in [9.17, 15) is 14.7 Å². The molecule has 3 aliphatic rings. The normalized spacial score (nSPS) is 37.2. The van der Waals surface area contributed by atoms with Crippen molar-refractivity contribution in [1.82, 2.24) is 15.5 Å². The first-order valence-corrected chi connectivity index (χ1v) is 8.54. The predicted octanol–water partition coefficient (Wildman–Crippen LogP) is -1.64. The Balaban J connectivity index is 1.67. The van der Waals surface area contributed by atoms with Crippen LogP contribution < -0.4 is 16.4 Å². The maximum absolute atomic E-state index is 11.8. The van der Waals surface area contributed by atoms with Crippen LogP contribution in [-0.4, -0.2) is 78.8 Å². The standard InChI is InChI=1S/C15H26N4O5/c1-2-17-15(22)18-10-9-7-23-14(24-9)11(12(10)20)19-5-3-8(4-6-19)13(16)21/h8-12,14,20H,2-7H2,1H3,(H2,16,21)(H2,17,18,22)/t9-,10-,11-,12+,14-/m1/s1. The summed E-state index contributed by atoms with van der Waals surface area (Å²) in [6.45, 7) is 3.94. The Morgan fingerprint density at radius 3 is 2.67 bits per heavy atom. The third-order valence-corrected chi connectivity index (χ3v) is 5.12. The van der Waals surface area contributed by atoms with E-state index in [1.54, 1.807) is 0 Å². The topological polar surface area (TPSA) is 126 Å². The largest absolute Gasteiger partial charge is 0.389 e. The Bertz CT molecular complexity index is 482. The second kappa shape index (κ2) is 7.22. The molecule has 0 saturated carbocycles. The van der Waals surface area contributed by atoms with Crippen molar-refractivity contribution in [2.24, 2.45) is 11.7 Å². The van der Waals surface area contributed by atoms with Crippen molar-refractivity contribution in [3.63, 3.8) is 0 Å². The number of carbonyl (C=O) groups excluding carboxylic acids is 2. The molecule has 3 fully saturated rings. The molecule has 0 spiro atoms. The number of likely N-dealkylation sites (tertiary alicyclic amines) is 1. The fourth-order valence-corrected chi connectivity index (χ4v) is 3.81. The van der Waals surface area contributed by atoms with Crippen LogP contribution in [0.2, 0.25) is 0 Å². The third kappa shape index (κ3) is 3.34. The summed E-state index contributed by atoms with van der Waals surface area (Å²) in [6, 6.07) is -1.24. The van der Waals surface area contributed by atoms with Crippen LogP contribution in [0.1, 0.15) is 19.8 Å². The number of nitrogens with two attached hydrogens (primary N) is 1. The molecule has 9 nitrogen and oxygen atoms in total. The summed E-state index contributed by atoms with van der Waals surface area (Å²) < 4.78 is 11.5. The highest BCUT2D eigenvalue weighted by atomic mass is 16.7. The molecule has 0 aromatic rings. The summed E-state index contributed by atoms with van der Waals surface area (Å²) in [5.41, 5.74) is 5.37. The van der Waals surface area contributed by atoms with Crippen molar-refractivity contribution >= 4 is 11.9 Å². The number of nitrogens with one attached hydrogen (secondary N) is 2. The van der Waals surface area contributed by atoms with E-state index in [1.807, 2.05) is 6.92 Å². The monoisotopic (exact) mass is 342 g/mol. The first-order valence-electron chi connectivity index (χ1n) is 8.54. The fraction of sp³-hybridized carbons (Fsp3) is 0.867. The molecule has 5 atom stereocenters. The zero-order valence-corrected chi connectivity index (χ0v) is 13.8. The van der Waals surface area contributed by atoms with E-state index < -0.39 is 18.4 Å². The molecule has 136 valence electrons. The molecule has 5 N–H and O–H groups in total. The van der Waals surface area contributed by atoms with Gasteiger partial charge in [-0.1, -0.05) is 0 Å². The van der Waals surface area contributed by atoms with Crippen molar-refractivity contribution in [3.05, 3.63) is 0 Å². The number of amides is 3. The number of ether oxygens (including phenoxy) is 2. The smallest absolute Gasteiger partial charge is 0.315 e. The Morgan fingerprint density at radius 1 is 1.33 bits per heavy atom. The number of urea groups is 1. The average Bonchev–Trinajstić information content (AvgIpc) is 2.98. The highest BCUT2D eigenvalue weighted by molar-refractivity contribution is 5.76. The van der Waals surface area contributed by atoms with Crippen molar-refractivity contribution < 1.29 is 24.2 Å². The molecule has 3 amide bonds. The number of carbonyl (C=O) groups is 2. The molecular formula is C15H26N4O5. The number of nitrogens with zero attached hydrogens (tertiary/aromatic N) is 1. The number of aliphatic hydroxyl groups excluding tert-OH is 1. The van der Waals surface area contributed by atoms with E-state index in [1.165, 1.54) is 0 Å². The number of piperidine rings is 1. The van der Waals surface area contributed by atoms with Gasteiger partial charge in [0.2, 0.25) is 5.91 Å². The lowest BCUT2D eigenvalue weighted by Crippen LogP contribution is -2.66. The van der Waals surface area contributed by atoms with E-state index in [-0.39, 0.29) is 30.0 Å². The molecule has 0 aromatic heterocycles. The van der Waals surface area contributed by atoms with Crippen molar-refractivity contribution in [2.75, 3.05) is 26.2 Å². The van der Waals surface area contributed by atoms with Gasteiger partial charge in [0.1, 0.15) is 6.10 Å². The van der Waals surface area contributed by atoms with Crippen molar-refractivity contribution in [2.45, 2.75) is 50.3 Å². The van der Waals surface area contributed by atoms with Crippen LogP contribution in [0.5, 0.6) is 0 Å². The highest BCUT2D eigenvalue weighted by Gasteiger charge is 2.53. The molecule has 3 rings (SSSR count). The number of rotatable bonds is 4. The minimum Gasteiger partial charge on any atom is -0.389 e. The van der Waals surface area contributed by atoms with Crippen LogP contribution in [0.3, 0.4) is 0 Å². The molecule has 0 aromatic carbocycles. The zero-order chi connectivity index (χ0) is 17.3. The van der Waals surface area contributed by atoms with Crippen molar-refractivity contribution in [1.29, 1.82) is 0 Å². The van der Waals surface area contributed by atoms with Gasteiger partial charge in [0.25, 0.3) is 0 Å². The van der Waals surface area contributed by atoms with Crippen LogP contribution in [0.25, 0.3) is 0 Å². The number of hydrogen-bond donors (Lipinski definition) is 4. The van der Waals surface area contributed by atoms with Crippen molar-refractivity contribution in [3.8, 4) is 0 Å². The summed E-state index contributed by atoms with van der Waals surface area (Å²) in [7, 11) is 0. The van der Waals surface area contributed by atoms with E-state index in [0.29, 0.717) is 39.1 Å². The molecule has 0 radical (unpaired) electrons. The van der Waals surface area contributed by atoms with Gasteiger partial charge in [-0.15, -0.1) is 0 Å². The number of aliphatic hydroxyl groups is 1. The minimum absolute atomic E-state index is 0.121. The van der Waals surface area contributed by atoms with Gasteiger partial charge in [-0.3, -0.25) is 9.69 Å². The lowest BCUT2D eigenvalue weighted by molar-refractivity contribution is -0.184. The van der Waals surface area contributed by atoms with E-state index in [0.717, 1.165) is 0 Å². The number of fused-ring (bicyclic) bond motifs is 2. The molecule has 3 heterocycles. The summed E-state index contributed by atoms with van der Waals surface area (Å²) in [4.78, 5) is 25.2. The minimum atomic E-state index is -0.802. The molecule has 9 heteroatoms. The first-order chi connectivity index (χ1) is 11.5. The average molecular weight is 342 g/mol. The summed E-state index contributed by atoms with van der Waals surface area (Å²) in [5.74, 6) is -0.396. The van der Waals surface area contributed by atoms with E-state index in [4.69, 9.17) is 15.2 Å². The van der Waals surface area contributed by atoms with Crippen LogP contribution in [0, 0.1) is 5.92 Å². The number of primary amides is 1. The first kappa shape index (κ1) is 17.4. The Labute approximate surface area is 140 Å². The summed E-state index contributed by atoms with van der Waals surface area (Å²) in [5, 5.41) is 16.3. The number of hydrogen-bond acceptors (Lipinski definition) is 6. The molecule has 24 heavy (non-hydrogen) atoms. The van der Waals surface area contributed by atoms with Gasteiger partial charge in [-0.05, 0) is 32.9 Å². The van der Waals surface area contributed by atoms with Crippen LogP contribution >= 0.6 is 0 Å². The van der Waals surface area contributed by atoms with Gasteiger partial charge >= 0.3 is 6.03 Å². The second-order valence-corrected chi connectivity index (χ2v) is 6.60. The van der Waals surface area contributed by atoms with Gasteiger partial charge in [0.15, 0.2) is 6.29 Å². The van der Waals surface area contributed by atoms with Gasteiger partial charge in [0.05, 0.1) is 24.8 Å². The second-order valence-electron chi connectivity index (χ2n) is 6.60. The Morgan fingerprint density at radius 2 is 2.04 bits per heavy atom. The summed E-state index contributed by atoms with van der Waals surface area (Å²) >= 11 is 0. The molecule has 2 bridgehead atoms. The lowest BCUT2D eigenvalue weighted by Gasteiger charge is -2.45. The SMILES string of the molecule is CCNC(=O)N[C@H]1[C@H](O)[C@@H](N2CCC(C(N)=O)CC2)[C@@H]2OC[C@H]1O2. The molecule has 3 saturated heterocycles. The predicted molar refractivity (Wildman–Crippen MR) is 83.9 cm³/mol. The maximum atomic E-state index is 11.8. The van der Waals surface area contributed by atoms with E-state index in [2.05, 4.69) is 15.5 Å². The highest BCUT2D eigenvalue weighted by Crippen LogP contribution is 2.33. The Kier molecular flexibility index (Phi) is 5.24. The quantitative estimate of drug-likeness (QED) is 0.485.